The third-order valence-corrected chi connectivity index (χ3v) is 5.04. The largest absolute Gasteiger partial charge is 0.299 e. The molecule has 0 saturated heterocycles. The first-order valence-corrected chi connectivity index (χ1v) is 7.56. The summed E-state index contributed by atoms with van der Waals surface area (Å²) in [6.07, 6.45) is 2.67. The summed E-state index contributed by atoms with van der Waals surface area (Å²) in [5, 5.41) is 0. The molecule has 0 aromatic heterocycles. The summed E-state index contributed by atoms with van der Waals surface area (Å²) in [4.78, 5) is 37.1. The molecule has 0 radical (unpaired) electrons. The van der Waals surface area contributed by atoms with Crippen LogP contribution in [0.1, 0.15) is 42.7 Å². The van der Waals surface area contributed by atoms with Crippen molar-refractivity contribution in [3.05, 3.63) is 46.5 Å². The van der Waals surface area contributed by atoms with Crippen LogP contribution < -0.4 is 0 Å². The van der Waals surface area contributed by atoms with Gasteiger partial charge in [0.25, 0.3) is 0 Å². The Labute approximate surface area is 123 Å². The van der Waals surface area contributed by atoms with Gasteiger partial charge in [-0.25, -0.2) is 0 Å². The number of ketones is 3. The second kappa shape index (κ2) is 4.48. The van der Waals surface area contributed by atoms with E-state index in [-0.39, 0.29) is 23.3 Å². The number of allylic oxidation sites excluding steroid dienone is 2. The Bertz CT molecular complexity index is 711. The Morgan fingerprint density at radius 2 is 1.76 bits per heavy atom. The first-order chi connectivity index (χ1) is 10.2. The van der Waals surface area contributed by atoms with Gasteiger partial charge >= 0.3 is 0 Å². The maximum Gasteiger partial charge on any atom is 0.163 e. The van der Waals surface area contributed by atoms with Crippen LogP contribution in [0.4, 0.5) is 0 Å². The molecule has 3 heteroatoms. The van der Waals surface area contributed by atoms with E-state index in [1.165, 1.54) is 0 Å². The van der Waals surface area contributed by atoms with Crippen LogP contribution in [0.2, 0.25) is 0 Å². The van der Waals surface area contributed by atoms with Gasteiger partial charge in [-0.3, -0.25) is 14.4 Å². The van der Waals surface area contributed by atoms with E-state index < -0.39 is 5.92 Å². The molecule has 3 aliphatic carbocycles. The van der Waals surface area contributed by atoms with Gasteiger partial charge in [0.1, 0.15) is 11.6 Å². The molecule has 4 rings (SSSR count). The zero-order chi connectivity index (χ0) is 14.6. The van der Waals surface area contributed by atoms with Gasteiger partial charge in [-0.05, 0) is 29.5 Å². The Morgan fingerprint density at radius 3 is 2.62 bits per heavy atom. The lowest BCUT2D eigenvalue weighted by molar-refractivity contribution is -0.132. The van der Waals surface area contributed by atoms with Crippen molar-refractivity contribution in [2.45, 2.75) is 38.0 Å². The molecule has 0 amide bonds. The number of hydrogen-bond acceptors (Lipinski definition) is 3. The maximum atomic E-state index is 12.6. The van der Waals surface area contributed by atoms with Crippen molar-refractivity contribution in [2.75, 3.05) is 0 Å². The number of fused-ring (bicyclic) bond motifs is 4. The number of carbonyl (C=O) groups excluding carboxylic acids is 3. The van der Waals surface area contributed by atoms with Crippen LogP contribution in [0.3, 0.4) is 0 Å². The summed E-state index contributed by atoms with van der Waals surface area (Å²) in [6, 6.07) is 7.88. The summed E-state index contributed by atoms with van der Waals surface area (Å²) in [6.45, 7) is 0. The molecule has 2 atom stereocenters. The van der Waals surface area contributed by atoms with Gasteiger partial charge in [0.2, 0.25) is 0 Å². The van der Waals surface area contributed by atoms with E-state index in [2.05, 4.69) is 0 Å². The minimum atomic E-state index is -0.612. The van der Waals surface area contributed by atoms with Crippen LogP contribution >= 0.6 is 0 Å². The number of benzene rings is 1. The second-order valence-corrected chi connectivity index (χ2v) is 6.21. The molecule has 1 saturated carbocycles. The second-order valence-electron chi connectivity index (χ2n) is 6.21. The molecule has 0 spiro atoms. The normalized spacial score (nSPS) is 28.1. The minimum Gasteiger partial charge on any atom is -0.299 e. The van der Waals surface area contributed by atoms with Crippen molar-refractivity contribution in [2.24, 2.45) is 5.92 Å². The topological polar surface area (TPSA) is 51.2 Å². The highest BCUT2D eigenvalue weighted by Crippen LogP contribution is 2.46. The van der Waals surface area contributed by atoms with Crippen molar-refractivity contribution in [3.8, 4) is 0 Å². The zero-order valence-electron chi connectivity index (χ0n) is 11.7. The highest BCUT2D eigenvalue weighted by Gasteiger charge is 2.45. The van der Waals surface area contributed by atoms with Gasteiger partial charge in [-0.2, -0.15) is 0 Å². The molecule has 2 unspecified atom stereocenters. The van der Waals surface area contributed by atoms with Crippen LogP contribution in [-0.2, 0) is 20.8 Å². The standard InChI is InChI=1S/C18H16O3/c19-14-7-3-6-12-17-13(9-16(21)18(12)14)11-5-2-1-4-10(11)8-15(17)20/h1-2,4-5,13,18H,3,6-9H2. The van der Waals surface area contributed by atoms with Crippen molar-refractivity contribution in [1.82, 2.24) is 0 Å². The Morgan fingerprint density at radius 1 is 0.952 bits per heavy atom. The summed E-state index contributed by atoms with van der Waals surface area (Å²) in [7, 11) is 0. The molecule has 3 aliphatic rings. The summed E-state index contributed by atoms with van der Waals surface area (Å²) < 4.78 is 0. The Balaban J connectivity index is 1.93. The van der Waals surface area contributed by atoms with Gasteiger partial charge in [0.15, 0.2) is 5.78 Å². The molecule has 0 bridgehead atoms. The summed E-state index contributed by atoms with van der Waals surface area (Å²) in [5.74, 6) is -0.598. The molecule has 1 fully saturated rings. The lowest BCUT2D eigenvalue weighted by Gasteiger charge is -2.37. The monoisotopic (exact) mass is 280 g/mol. The molecule has 3 nitrogen and oxygen atoms in total. The zero-order valence-corrected chi connectivity index (χ0v) is 11.7. The number of rotatable bonds is 0. The van der Waals surface area contributed by atoms with Gasteiger partial charge in [0.05, 0.1) is 5.92 Å². The van der Waals surface area contributed by atoms with E-state index in [9.17, 15) is 14.4 Å². The fourth-order valence-electron chi connectivity index (χ4n) is 4.19. The van der Waals surface area contributed by atoms with E-state index in [1.807, 2.05) is 24.3 Å². The maximum absolute atomic E-state index is 12.6. The molecule has 106 valence electrons. The van der Waals surface area contributed by atoms with E-state index in [1.54, 1.807) is 0 Å². The molecule has 1 aromatic carbocycles. The van der Waals surface area contributed by atoms with Crippen molar-refractivity contribution < 1.29 is 14.4 Å². The third-order valence-electron chi connectivity index (χ3n) is 5.04. The fraction of sp³-hybridized carbons (Fsp3) is 0.389. The van der Waals surface area contributed by atoms with Crippen LogP contribution in [0.25, 0.3) is 0 Å². The molecule has 0 heterocycles. The molecule has 1 aromatic rings. The quantitative estimate of drug-likeness (QED) is 0.686. The Hall–Kier alpha value is -2.03. The van der Waals surface area contributed by atoms with E-state index in [0.717, 1.165) is 35.1 Å². The van der Waals surface area contributed by atoms with E-state index in [0.29, 0.717) is 19.3 Å². The van der Waals surface area contributed by atoms with Gasteiger partial charge < -0.3 is 0 Å². The number of carbonyl (C=O) groups is 3. The average molecular weight is 280 g/mol. The fourth-order valence-corrected chi connectivity index (χ4v) is 4.19. The van der Waals surface area contributed by atoms with Crippen molar-refractivity contribution in [3.63, 3.8) is 0 Å². The number of Topliss-reactive ketones (excluding diaryl/α,β-unsaturated/α-hetero) is 3. The smallest absolute Gasteiger partial charge is 0.163 e. The number of hydrogen-bond donors (Lipinski definition) is 0. The first kappa shape index (κ1) is 12.7. The predicted octanol–water partition coefficient (Wildman–Crippen LogP) is 2.53. The summed E-state index contributed by atoms with van der Waals surface area (Å²) in [5.41, 5.74) is 3.76. The van der Waals surface area contributed by atoms with E-state index >= 15 is 0 Å². The van der Waals surface area contributed by atoms with Crippen LogP contribution in [0.5, 0.6) is 0 Å². The van der Waals surface area contributed by atoms with Crippen LogP contribution in [-0.4, -0.2) is 17.3 Å². The van der Waals surface area contributed by atoms with Gasteiger partial charge in [-0.15, -0.1) is 0 Å². The van der Waals surface area contributed by atoms with Gasteiger partial charge in [-0.1, -0.05) is 24.3 Å². The highest BCUT2D eigenvalue weighted by molar-refractivity contribution is 6.12. The lowest BCUT2D eigenvalue weighted by Crippen LogP contribution is -2.39. The van der Waals surface area contributed by atoms with Crippen LogP contribution in [0, 0.1) is 5.92 Å². The average Bonchev–Trinajstić information content (AvgIpc) is 2.47. The van der Waals surface area contributed by atoms with Gasteiger partial charge in [0, 0.05) is 30.8 Å². The van der Waals surface area contributed by atoms with E-state index in [4.69, 9.17) is 0 Å². The summed E-state index contributed by atoms with van der Waals surface area (Å²) >= 11 is 0. The minimum absolute atomic E-state index is 0.00736. The SMILES string of the molecule is O=C1Cc2ccccc2C2CC(=O)C3C(=O)CCCC3=C12. The first-order valence-electron chi connectivity index (χ1n) is 7.56. The molecule has 21 heavy (non-hydrogen) atoms. The highest BCUT2D eigenvalue weighted by atomic mass is 16.2. The van der Waals surface area contributed by atoms with Crippen molar-refractivity contribution in [1.29, 1.82) is 0 Å². The third kappa shape index (κ3) is 1.76. The molecular weight excluding hydrogens is 264 g/mol. The molecule has 0 aliphatic heterocycles. The van der Waals surface area contributed by atoms with Crippen LogP contribution in [0.15, 0.2) is 35.4 Å². The molecular formula is C18H16O3. The molecule has 0 N–H and O–H groups in total. The lowest BCUT2D eigenvalue weighted by atomic mass is 9.64. The van der Waals surface area contributed by atoms with Crippen molar-refractivity contribution >= 4 is 17.3 Å². The predicted molar refractivity (Wildman–Crippen MR) is 76.9 cm³/mol. The Kier molecular flexibility index (Phi) is 2.71.